The Morgan fingerprint density at radius 2 is 1.89 bits per heavy atom. The lowest BCUT2D eigenvalue weighted by molar-refractivity contribution is 0.415. The van der Waals surface area contributed by atoms with E-state index >= 15 is 0 Å². The SMILES string of the molecule is COc1cc(Br)cc(C)c1NC(C)CCC(C)C. The topological polar surface area (TPSA) is 21.3 Å². The molecule has 2 nitrogen and oxygen atoms in total. The van der Waals surface area contributed by atoms with Crippen LogP contribution in [-0.4, -0.2) is 13.2 Å². The highest BCUT2D eigenvalue weighted by Gasteiger charge is 2.11. The molecule has 0 saturated carbocycles. The molecule has 0 bridgehead atoms. The van der Waals surface area contributed by atoms with Gasteiger partial charge in [-0.05, 0) is 50.3 Å². The number of hydrogen-bond donors (Lipinski definition) is 1. The number of hydrogen-bond acceptors (Lipinski definition) is 2. The highest BCUT2D eigenvalue weighted by atomic mass is 79.9. The molecule has 0 spiro atoms. The van der Waals surface area contributed by atoms with E-state index < -0.39 is 0 Å². The maximum atomic E-state index is 5.44. The molecule has 1 aromatic carbocycles. The fraction of sp³-hybridized carbons (Fsp3) is 0.600. The molecule has 0 aliphatic rings. The van der Waals surface area contributed by atoms with Crippen LogP contribution in [-0.2, 0) is 0 Å². The summed E-state index contributed by atoms with van der Waals surface area (Å²) < 4.78 is 6.49. The molecule has 1 aromatic rings. The van der Waals surface area contributed by atoms with Crippen molar-refractivity contribution in [3.05, 3.63) is 22.2 Å². The smallest absolute Gasteiger partial charge is 0.143 e. The lowest BCUT2D eigenvalue weighted by Crippen LogP contribution is -2.17. The standard InChI is InChI=1S/C15H24BrNO/c1-10(2)6-7-12(4)17-15-11(3)8-13(16)9-14(15)18-5/h8-10,12,17H,6-7H2,1-5H3. The van der Waals surface area contributed by atoms with Gasteiger partial charge >= 0.3 is 0 Å². The second kappa shape index (κ2) is 7.03. The maximum absolute atomic E-state index is 5.44. The van der Waals surface area contributed by atoms with Gasteiger partial charge in [-0.1, -0.05) is 29.8 Å². The Kier molecular flexibility index (Phi) is 6.00. The number of benzene rings is 1. The van der Waals surface area contributed by atoms with Crippen LogP contribution in [0.3, 0.4) is 0 Å². The second-order valence-corrected chi connectivity index (χ2v) is 6.23. The van der Waals surface area contributed by atoms with Crippen molar-refractivity contribution in [1.29, 1.82) is 0 Å². The molecule has 0 heterocycles. The summed E-state index contributed by atoms with van der Waals surface area (Å²) in [5, 5.41) is 3.57. The number of ether oxygens (including phenoxy) is 1. The van der Waals surface area contributed by atoms with Gasteiger partial charge in [-0.3, -0.25) is 0 Å². The summed E-state index contributed by atoms with van der Waals surface area (Å²) in [6.07, 6.45) is 2.42. The molecule has 102 valence electrons. The van der Waals surface area contributed by atoms with Gasteiger partial charge in [0.25, 0.3) is 0 Å². The fourth-order valence-electron chi connectivity index (χ4n) is 1.96. The molecule has 1 atom stereocenters. The number of aryl methyl sites for hydroxylation is 1. The molecule has 0 saturated heterocycles. The number of rotatable bonds is 6. The van der Waals surface area contributed by atoms with Crippen LogP contribution in [0.25, 0.3) is 0 Å². The van der Waals surface area contributed by atoms with Crippen LogP contribution in [0.1, 0.15) is 39.2 Å². The third-order valence-electron chi connectivity index (χ3n) is 3.05. The molecule has 1 unspecified atom stereocenters. The average molecular weight is 314 g/mol. The Morgan fingerprint density at radius 1 is 1.22 bits per heavy atom. The zero-order chi connectivity index (χ0) is 13.7. The minimum absolute atomic E-state index is 0.459. The summed E-state index contributed by atoms with van der Waals surface area (Å²) in [5.74, 6) is 1.65. The summed E-state index contributed by atoms with van der Waals surface area (Å²) in [5.41, 5.74) is 2.31. The molecular weight excluding hydrogens is 290 g/mol. The van der Waals surface area contributed by atoms with Gasteiger partial charge in [0.15, 0.2) is 0 Å². The minimum Gasteiger partial charge on any atom is -0.495 e. The third-order valence-corrected chi connectivity index (χ3v) is 3.51. The van der Waals surface area contributed by atoms with Crippen molar-refractivity contribution in [2.75, 3.05) is 12.4 Å². The van der Waals surface area contributed by atoms with Gasteiger partial charge in [0.05, 0.1) is 12.8 Å². The van der Waals surface area contributed by atoms with Crippen molar-refractivity contribution >= 4 is 21.6 Å². The Hall–Kier alpha value is -0.700. The first-order chi connectivity index (χ1) is 8.43. The predicted molar refractivity (Wildman–Crippen MR) is 82.6 cm³/mol. The summed E-state index contributed by atoms with van der Waals surface area (Å²) >= 11 is 3.50. The van der Waals surface area contributed by atoms with Crippen molar-refractivity contribution in [3.63, 3.8) is 0 Å². The normalized spacial score (nSPS) is 12.6. The van der Waals surface area contributed by atoms with E-state index in [1.807, 2.05) is 6.07 Å². The van der Waals surface area contributed by atoms with Gasteiger partial charge in [0.1, 0.15) is 5.75 Å². The quantitative estimate of drug-likeness (QED) is 0.797. The van der Waals surface area contributed by atoms with E-state index in [-0.39, 0.29) is 0 Å². The molecule has 0 fully saturated rings. The van der Waals surface area contributed by atoms with Crippen molar-refractivity contribution in [2.24, 2.45) is 5.92 Å². The third kappa shape index (κ3) is 4.52. The first kappa shape index (κ1) is 15.4. The molecule has 0 aliphatic carbocycles. The Morgan fingerprint density at radius 3 is 2.44 bits per heavy atom. The Bertz CT molecular complexity index is 390. The first-order valence-electron chi connectivity index (χ1n) is 6.54. The van der Waals surface area contributed by atoms with Gasteiger partial charge < -0.3 is 10.1 Å². The molecule has 0 radical (unpaired) electrons. The van der Waals surface area contributed by atoms with Crippen LogP contribution < -0.4 is 10.1 Å². The Balaban J connectivity index is 2.77. The van der Waals surface area contributed by atoms with E-state index in [9.17, 15) is 0 Å². The molecular formula is C15H24BrNO. The van der Waals surface area contributed by atoms with E-state index in [1.54, 1.807) is 7.11 Å². The number of methoxy groups -OCH3 is 1. The van der Waals surface area contributed by atoms with E-state index in [1.165, 1.54) is 18.4 Å². The van der Waals surface area contributed by atoms with Crippen LogP contribution in [0, 0.1) is 12.8 Å². The molecule has 1 rings (SSSR count). The van der Waals surface area contributed by atoms with Crippen molar-refractivity contribution in [2.45, 2.75) is 46.6 Å². The second-order valence-electron chi connectivity index (χ2n) is 5.32. The summed E-state index contributed by atoms with van der Waals surface area (Å²) in [4.78, 5) is 0. The van der Waals surface area contributed by atoms with Crippen LogP contribution >= 0.6 is 15.9 Å². The molecule has 1 N–H and O–H groups in total. The average Bonchev–Trinajstić information content (AvgIpc) is 2.29. The van der Waals surface area contributed by atoms with E-state index in [0.29, 0.717) is 6.04 Å². The van der Waals surface area contributed by atoms with Crippen LogP contribution in [0.2, 0.25) is 0 Å². The summed E-state index contributed by atoms with van der Waals surface area (Å²) in [6, 6.07) is 4.58. The van der Waals surface area contributed by atoms with Gasteiger partial charge in [-0.2, -0.15) is 0 Å². The highest BCUT2D eigenvalue weighted by molar-refractivity contribution is 9.10. The molecule has 3 heteroatoms. The fourth-order valence-corrected chi connectivity index (χ4v) is 2.51. The van der Waals surface area contributed by atoms with E-state index in [0.717, 1.165) is 21.8 Å². The lowest BCUT2D eigenvalue weighted by Gasteiger charge is -2.20. The number of nitrogens with one attached hydrogen (secondary N) is 1. The summed E-state index contributed by atoms with van der Waals surface area (Å²) in [6.45, 7) is 8.85. The number of halogens is 1. The summed E-state index contributed by atoms with van der Waals surface area (Å²) in [7, 11) is 1.71. The largest absolute Gasteiger partial charge is 0.495 e. The lowest BCUT2D eigenvalue weighted by atomic mass is 10.0. The molecule has 0 aliphatic heterocycles. The van der Waals surface area contributed by atoms with Crippen LogP contribution in [0.5, 0.6) is 5.75 Å². The predicted octanol–water partition coefficient (Wildman–Crippen LogP) is 5.00. The maximum Gasteiger partial charge on any atom is 0.143 e. The van der Waals surface area contributed by atoms with Gasteiger partial charge in [-0.15, -0.1) is 0 Å². The van der Waals surface area contributed by atoms with E-state index in [2.05, 4.69) is 55.0 Å². The molecule has 18 heavy (non-hydrogen) atoms. The zero-order valence-electron chi connectivity index (χ0n) is 12.0. The van der Waals surface area contributed by atoms with Crippen molar-refractivity contribution in [1.82, 2.24) is 0 Å². The molecule has 0 amide bonds. The zero-order valence-corrected chi connectivity index (χ0v) is 13.6. The van der Waals surface area contributed by atoms with Crippen molar-refractivity contribution in [3.8, 4) is 5.75 Å². The first-order valence-corrected chi connectivity index (χ1v) is 7.34. The van der Waals surface area contributed by atoms with Gasteiger partial charge in [0, 0.05) is 10.5 Å². The van der Waals surface area contributed by atoms with Gasteiger partial charge in [0.2, 0.25) is 0 Å². The number of anilines is 1. The van der Waals surface area contributed by atoms with Crippen molar-refractivity contribution < 1.29 is 4.74 Å². The van der Waals surface area contributed by atoms with Gasteiger partial charge in [-0.25, -0.2) is 0 Å². The monoisotopic (exact) mass is 313 g/mol. The van der Waals surface area contributed by atoms with E-state index in [4.69, 9.17) is 4.74 Å². The molecule has 0 aromatic heterocycles. The van der Waals surface area contributed by atoms with Crippen LogP contribution in [0.15, 0.2) is 16.6 Å². The highest BCUT2D eigenvalue weighted by Crippen LogP contribution is 2.32. The minimum atomic E-state index is 0.459. The van der Waals surface area contributed by atoms with Crippen LogP contribution in [0.4, 0.5) is 5.69 Å². The Labute approximate surface area is 119 Å².